The Hall–Kier alpha value is -3.35. The fraction of sp³-hybridized carbons (Fsp3) is 0.348. The van der Waals surface area contributed by atoms with E-state index in [2.05, 4.69) is 10.6 Å². The molecule has 0 bridgehead atoms. The molecule has 1 saturated heterocycles. The van der Waals surface area contributed by atoms with Crippen molar-refractivity contribution < 1.29 is 19.1 Å². The second kappa shape index (κ2) is 8.57. The van der Waals surface area contributed by atoms with E-state index < -0.39 is 6.04 Å². The molecule has 1 fully saturated rings. The van der Waals surface area contributed by atoms with Crippen LogP contribution in [-0.4, -0.2) is 36.9 Å². The van der Waals surface area contributed by atoms with E-state index in [0.29, 0.717) is 30.8 Å². The smallest absolute Gasteiger partial charge is 0.265 e. The van der Waals surface area contributed by atoms with Gasteiger partial charge < -0.3 is 20.3 Å². The zero-order valence-electron chi connectivity index (χ0n) is 16.9. The zero-order valence-corrected chi connectivity index (χ0v) is 16.9. The lowest BCUT2D eigenvalue weighted by molar-refractivity contribution is -0.123. The third kappa shape index (κ3) is 4.30. The number of rotatable bonds is 4. The average molecular weight is 407 g/mol. The number of hydrogen-bond donors (Lipinski definition) is 2. The second-order valence-electron chi connectivity index (χ2n) is 7.75. The molecule has 30 heavy (non-hydrogen) atoms. The van der Waals surface area contributed by atoms with Gasteiger partial charge in [0, 0.05) is 12.1 Å². The highest BCUT2D eigenvalue weighted by molar-refractivity contribution is 5.99. The van der Waals surface area contributed by atoms with E-state index in [4.69, 9.17) is 4.74 Å². The Labute approximate surface area is 175 Å². The lowest BCUT2D eigenvalue weighted by atomic mass is 10.1. The van der Waals surface area contributed by atoms with E-state index in [0.717, 1.165) is 29.7 Å². The van der Waals surface area contributed by atoms with Gasteiger partial charge in [-0.1, -0.05) is 18.2 Å². The van der Waals surface area contributed by atoms with Crippen molar-refractivity contribution in [2.24, 2.45) is 0 Å². The van der Waals surface area contributed by atoms with Crippen LogP contribution in [0, 0.1) is 6.92 Å². The van der Waals surface area contributed by atoms with E-state index in [1.165, 1.54) is 0 Å². The van der Waals surface area contributed by atoms with Gasteiger partial charge in [-0.2, -0.15) is 0 Å². The molecular weight excluding hydrogens is 382 g/mol. The third-order valence-electron chi connectivity index (χ3n) is 5.43. The van der Waals surface area contributed by atoms with Crippen LogP contribution in [0.2, 0.25) is 0 Å². The van der Waals surface area contributed by atoms with Crippen LogP contribution in [-0.2, 0) is 16.1 Å². The Morgan fingerprint density at radius 3 is 2.93 bits per heavy atom. The van der Waals surface area contributed by atoms with Crippen molar-refractivity contribution in [1.29, 1.82) is 0 Å². The summed E-state index contributed by atoms with van der Waals surface area (Å²) in [5.74, 6) is 0.123. The number of carbonyl (C=O) groups is 3. The van der Waals surface area contributed by atoms with Gasteiger partial charge in [0.2, 0.25) is 5.91 Å². The van der Waals surface area contributed by atoms with E-state index in [1.54, 1.807) is 23.1 Å². The van der Waals surface area contributed by atoms with Crippen LogP contribution in [0.5, 0.6) is 5.75 Å². The summed E-state index contributed by atoms with van der Waals surface area (Å²) in [6.07, 6.45) is 2.44. The van der Waals surface area contributed by atoms with Crippen molar-refractivity contribution in [1.82, 2.24) is 10.6 Å². The van der Waals surface area contributed by atoms with E-state index >= 15 is 0 Å². The molecule has 3 amide bonds. The minimum absolute atomic E-state index is 0.00692. The van der Waals surface area contributed by atoms with Crippen LogP contribution in [0.25, 0.3) is 0 Å². The SMILES string of the molecule is Cc1ccc2c(c1)N(Cc1cccc(C(=O)NC3CCCCNC3=O)c1)C(=O)CO2. The summed E-state index contributed by atoms with van der Waals surface area (Å²) in [6.45, 7) is 2.94. The molecule has 2 N–H and O–H groups in total. The fourth-order valence-corrected chi connectivity index (χ4v) is 3.80. The highest BCUT2D eigenvalue weighted by Gasteiger charge is 2.26. The largest absolute Gasteiger partial charge is 0.482 e. The van der Waals surface area contributed by atoms with Crippen molar-refractivity contribution in [3.63, 3.8) is 0 Å². The molecule has 4 rings (SSSR count). The van der Waals surface area contributed by atoms with Gasteiger partial charge in [0.25, 0.3) is 11.8 Å². The van der Waals surface area contributed by atoms with Crippen LogP contribution in [0.1, 0.15) is 40.7 Å². The molecule has 156 valence electrons. The Morgan fingerprint density at radius 2 is 2.07 bits per heavy atom. The minimum Gasteiger partial charge on any atom is -0.482 e. The van der Waals surface area contributed by atoms with Gasteiger partial charge >= 0.3 is 0 Å². The van der Waals surface area contributed by atoms with Gasteiger partial charge in [0.1, 0.15) is 11.8 Å². The van der Waals surface area contributed by atoms with Crippen LogP contribution < -0.4 is 20.3 Å². The number of anilines is 1. The van der Waals surface area contributed by atoms with Gasteiger partial charge in [0.05, 0.1) is 12.2 Å². The number of ether oxygens (including phenoxy) is 1. The van der Waals surface area contributed by atoms with Crippen LogP contribution in [0.3, 0.4) is 0 Å². The number of fused-ring (bicyclic) bond motifs is 1. The van der Waals surface area contributed by atoms with Crippen molar-refractivity contribution >= 4 is 23.4 Å². The highest BCUT2D eigenvalue weighted by atomic mass is 16.5. The summed E-state index contributed by atoms with van der Waals surface area (Å²) in [4.78, 5) is 39.0. The molecule has 2 aromatic carbocycles. The average Bonchev–Trinajstić information content (AvgIpc) is 2.94. The van der Waals surface area contributed by atoms with Crippen molar-refractivity contribution in [2.45, 2.75) is 38.8 Å². The van der Waals surface area contributed by atoms with Crippen molar-refractivity contribution in [2.75, 3.05) is 18.1 Å². The first-order valence-corrected chi connectivity index (χ1v) is 10.2. The summed E-state index contributed by atoms with van der Waals surface area (Å²) in [5, 5.41) is 5.66. The molecule has 2 aliphatic rings. The standard InChI is InChI=1S/C23H25N3O4/c1-15-8-9-20-19(11-15)26(21(27)14-30-20)13-16-5-4-6-17(12-16)22(28)25-18-7-2-3-10-24-23(18)29/h4-6,8-9,11-12,18H,2-3,7,10,13-14H2,1H3,(H,24,29)(H,25,28). The highest BCUT2D eigenvalue weighted by Crippen LogP contribution is 2.33. The lowest BCUT2D eigenvalue weighted by Crippen LogP contribution is -2.45. The van der Waals surface area contributed by atoms with Gasteiger partial charge in [0.15, 0.2) is 6.61 Å². The maximum absolute atomic E-state index is 12.7. The van der Waals surface area contributed by atoms with Gasteiger partial charge in [-0.05, 0) is 61.6 Å². The molecule has 2 aromatic rings. The topological polar surface area (TPSA) is 87.7 Å². The molecular formula is C23H25N3O4. The Balaban J connectivity index is 1.51. The summed E-state index contributed by atoms with van der Waals surface area (Å²) in [7, 11) is 0. The summed E-state index contributed by atoms with van der Waals surface area (Å²) < 4.78 is 5.53. The van der Waals surface area contributed by atoms with Crippen LogP contribution >= 0.6 is 0 Å². The van der Waals surface area contributed by atoms with Gasteiger partial charge in [-0.25, -0.2) is 0 Å². The van der Waals surface area contributed by atoms with Gasteiger partial charge in [-0.3, -0.25) is 14.4 Å². The molecule has 0 radical (unpaired) electrons. The number of carbonyl (C=O) groups excluding carboxylic acids is 3. The fourth-order valence-electron chi connectivity index (χ4n) is 3.80. The molecule has 2 aliphatic heterocycles. The van der Waals surface area contributed by atoms with Crippen LogP contribution in [0.15, 0.2) is 42.5 Å². The predicted molar refractivity (Wildman–Crippen MR) is 112 cm³/mol. The number of nitrogens with zero attached hydrogens (tertiary/aromatic N) is 1. The van der Waals surface area contributed by atoms with Crippen molar-refractivity contribution in [3.8, 4) is 5.75 Å². The normalized spacial score (nSPS) is 18.7. The van der Waals surface area contributed by atoms with E-state index in [-0.39, 0.29) is 24.3 Å². The monoisotopic (exact) mass is 407 g/mol. The molecule has 1 atom stereocenters. The summed E-state index contributed by atoms with van der Waals surface area (Å²) in [5.41, 5.74) is 3.06. The number of nitrogens with one attached hydrogen (secondary N) is 2. The first-order chi connectivity index (χ1) is 14.5. The number of hydrogen-bond acceptors (Lipinski definition) is 4. The number of benzene rings is 2. The van der Waals surface area contributed by atoms with E-state index in [9.17, 15) is 14.4 Å². The maximum Gasteiger partial charge on any atom is 0.265 e. The van der Waals surface area contributed by atoms with Gasteiger partial charge in [-0.15, -0.1) is 0 Å². The second-order valence-corrected chi connectivity index (χ2v) is 7.75. The molecule has 0 saturated carbocycles. The summed E-state index contributed by atoms with van der Waals surface area (Å²) in [6, 6.07) is 12.4. The first-order valence-electron chi connectivity index (χ1n) is 10.2. The Bertz CT molecular complexity index is 988. The molecule has 7 nitrogen and oxygen atoms in total. The van der Waals surface area contributed by atoms with E-state index in [1.807, 2.05) is 31.2 Å². The summed E-state index contributed by atoms with van der Waals surface area (Å²) >= 11 is 0. The maximum atomic E-state index is 12.7. The Kier molecular flexibility index (Phi) is 5.70. The number of aryl methyl sites for hydroxylation is 1. The quantitative estimate of drug-likeness (QED) is 0.814. The first kappa shape index (κ1) is 19.9. The molecule has 0 aliphatic carbocycles. The molecule has 1 unspecified atom stereocenters. The predicted octanol–water partition coefficient (Wildman–Crippen LogP) is 2.32. The molecule has 0 aromatic heterocycles. The molecule has 7 heteroatoms. The Morgan fingerprint density at radius 1 is 1.20 bits per heavy atom. The lowest BCUT2D eigenvalue weighted by Gasteiger charge is -2.30. The molecule has 0 spiro atoms. The molecule has 2 heterocycles. The third-order valence-corrected chi connectivity index (χ3v) is 5.43. The number of amides is 3. The zero-order chi connectivity index (χ0) is 21.1. The van der Waals surface area contributed by atoms with Crippen molar-refractivity contribution in [3.05, 3.63) is 59.2 Å². The minimum atomic E-state index is -0.515. The van der Waals surface area contributed by atoms with Crippen LogP contribution in [0.4, 0.5) is 5.69 Å².